The monoisotopic (exact) mass is 270 g/mol. The van der Waals surface area contributed by atoms with E-state index in [0.717, 1.165) is 22.3 Å². The predicted molar refractivity (Wildman–Crippen MR) is 80.7 cm³/mol. The topological polar surface area (TPSA) is 17.1 Å². The van der Waals surface area contributed by atoms with Gasteiger partial charge in [-0.05, 0) is 49.2 Å². The smallest absolute Gasteiger partial charge is 0.186 e. The van der Waals surface area contributed by atoms with E-state index in [1.54, 1.807) is 12.2 Å². The third kappa shape index (κ3) is 3.55. The normalized spacial score (nSPS) is 10.9. The largest absolute Gasteiger partial charge is 0.289 e. The van der Waals surface area contributed by atoms with Gasteiger partial charge in [0, 0.05) is 10.6 Å². The van der Waals surface area contributed by atoms with Gasteiger partial charge in [0.1, 0.15) is 0 Å². The van der Waals surface area contributed by atoms with Crippen LogP contribution in [0, 0.1) is 13.8 Å². The van der Waals surface area contributed by atoms with Crippen molar-refractivity contribution in [1.82, 2.24) is 0 Å². The summed E-state index contributed by atoms with van der Waals surface area (Å²) in [6.45, 7) is 3.93. The molecule has 0 radical (unpaired) electrons. The van der Waals surface area contributed by atoms with Crippen LogP contribution in [-0.4, -0.2) is 5.78 Å². The highest BCUT2D eigenvalue weighted by molar-refractivity contribution is 6.30. The summed E-state index contributed by atoms with van der Waals surface area (Å²) in [5, 5.41) is 0.693. The lowest BCUT2D eigenvalue weighted by molar-refractivity contribution is 0.104. The molecule has 2 aromatic rings. The Morgan fingerprint density at radius 2 is 1.74 bits per heavy atom. The van der Waals surface area contributed by atoms with Crippen molar-refractivity contribution in [3.63, 3.8) is 0 Å². The summed E-state index contributed by atoms with van der Waals surface area (Å²) in [6, 6.07) is 13.3. The van der Waals surface area contributed by atoms with Crippen molar-refractivity contribution in [3.8, 4) is 0 Å². The molecule has 0 aromatic heterocycles. The zero-order chi connectivity index (χ0) is 13.8. The van der Waals surface area contributed by atoms with Crippen molar-refractivity contribution < 1.29 is 4.79 Å². The summed E-state index contributed by atoms with van der Waals surface area (Å²) in [7, 11) is 0. The minimum absolute atomic E-state index is 0.0242. The number of halogens is 1. The second-order valence-electron chi connectivity index (χ2n) is 4.57. The average molecular weight is 271 g/mol. The summed E-state index contributed by atoms with van der Waals surface area (Å²) < 4.78 is 0. The summed E-state index contributed by atoms with van der Waals surface area (Å²) in [6.07, 6.45) is 3.41. The van der Waals surface area contributed by atoms with E-state index < -0.39 is 0 Å². The number of carbonyl (C=O) groups is 1. The van der Waals surface area contributed by atoms with Crippen LogP contribution in [-0.2, 0) is 0 Å². The lowest BCUT2D eigenvalue weighted by Gasteiger charge is -2.03. The number of ketones is 1. The van der Waals surface area contributed by atoms with Crippen LogP contribution in [0.1, 0.15) is 27.0 Å². The Morgan fingerprint density at radius 1 is 1.05 bits per heavy atom. The van der Waals surface area contributed by atoms with Gasteiger partial charge in [0.2, 0.25) is 0 Å². The number of aryl methyl sites for hydroxylation is 2. The maximum absolute atomic E-state index is 12.1. The molecule has 2 heteroatoms. The molecule has 0 unspecified atom stereocenters. The first-order chi connectivity index (χ1) is 9.06. The van der Waals surface area contributed by atoms with Crippen LogP contribution in [0.25, 0.3) is 6.08 Å². The van der Waals surface area contributed by atoms with Gasteiger partial charge >= 0.3 is 0 Å². The number of allylic oxidation sites excluding steroid dienone is 1. The van der Waals surface area contributed by atoms with E-state index in [9.17, 15) is 4.79 Å². The van der Waals surface area contributed by atoms with Gasteiger partial charge < -0.3 is 0 Å². The van der Waals surface area contributed by atoms with E-state index >= 15 is 0 Å². The molecule has 0 spiro atoms. The lowest BCUT2D eigenvalue weighted by atomic mass is 10.0. The molecule has 0 aliphatic carbocycles. The molecule has 0 aliphatic heterocycles. The van der Waals surface area contributed by atoms with Gasteiger partial charge in [-0.25, -0.2) is 0 Å². The van der Waals surface area contributed by atoms with E-state index in [1.807, 2.05) is 56.3 Å². The third-order valence-corrected chi connectivity index (χ3v) is 3.21. The Bertz CT molecular complexity index is 624. The van der Waals surface area contributed by atoms with Crippen LogP contribution < -0.4 is 0 Å². The lowest BCUT2D eigenvalue weighted by Crippen LogP contribution is -1.98. The second-order valence-corrected chi connectivity index (χ2v) is 5.00. The Hall–Kier alpha value is -1.86. The molecule has 0 saturated heterocycles. The van der Waals surface area contributed by atoms with Crippen LogP contribution >= 0.6 is 11.6 Å². The van der Waals surface area contributed by atoms with E-state index in [0.29, 0.717) is 5.02 Å². The number of carbonyl (C=O) groups excluding carboxylic acids is 1. The number of rotatable bonds is 3. The van der Waals surface area contributed by atoms with Crippen molar-refractivity contribution in [2.75, 3.05) is 0 Å². The first kappa shape index (κ1) is 13.6. The molecule has 19 heavy (non-hydrogen) atoms. The predicted octanol–water partition coefficient (Wildman–Crippen LogP) is 4.85. The van der Waals surface area contributed by atoms with Gasteiger partial charge in [0.05, 0.1) is 0 Å². The first-order valence-corrected chi connectivity index (χ1v) is 6.49. The zero-order valence-corrected chi connectivity index (χ0v) is 11.7. The first-order valence-electron chi connectivity index (χ1n) is 6.11. The fraction of sp³-hybridized carbons (Fsp3) is 0.118. The summed E-state index contributed by atoms with van der Waals surface area (Å²) in [5.74, 6) is 0.0242. The van der Waals surface area contributed by atoms with Crippen molar-refractivity contribution >= 4 is 23.5 Å². The highest BCUT2D eigenvalue weighted by atomic mass is 35.5. The number of hydrogen-bond donors (Lipinski definition) is 0. The van der Waals surface area contributed by atoms with Gasteiger partial charge in [0.25, 0.3) is 0 Å². The molecule has 2 rings (SSSR count). The van der Waals surface area contributed by atoms with Gasteiger partial charge in [-0.2, -0.15) is 0 Å². The number of hydrogen-bond acceptors (Lipinski definition) is 1. The van der Waals surface area contributed by atoms with E-state index in [4.69, 9.17) is 11.6 Å². The molecular formula is C17H15ClO. The maximum atomic E-state index is 12.1. The standard InChI is InChI=1S/C17H15ClO/c1-12-3-4-13(2)16(11-12)17(19)10-7-14-5-8-15(18)9-6-14/h3-11H,1-2H3/b10-7+. The highest BCUT2D eigenvalue weighted by Gasteiger charge is 2.05. The molecule has 0 saturated carbocycles. The molecule has 0 amide bonds. The summed E-state index contributed by atoms with van der Waals surface area (Å²) in [5.41, 5.74) is 3.80. The van der Waals surface area contributed by atoms with Gasteiger partial charge in [0.15, 0.2) is 5.78 Å². The fourth-order valence-electron chi connectivity index (χ4n) is 1.84. The molecule has 0 N–H and O–H groups in total. The molecule has 0 atom stereocenters. The Kier molecular flexibility index (Phi) is 4.18. The SMILES string of the molecule is Cc1ccc(C)c(C(=O)/C=C/c2ccc(Cl)cc2)c1. The Labute approximate surface area is 118 Å². The highest BCUT2D eigenvalue weighted by Crippen LogP contribution is 2.14. The van der Waals surface area contributed by atoms with Crippen LogP contribution in [0.2, 0.25) is 5.02 Å². The summed E-state index contributed by atoms with van der Waals surface area (Å²) >= 11 is 5.82. The average Bonchev–Trinajstić information content (AvgIpc) is 2.40. The van der Waals surface area contributed by atoms with E-state index in [1.165, 1.54) is 0 Å². The molecule has 0 bridgehead atoms. The van der Waals surface area contributed by atoms with E-state index in [2.05, 4.69) is 0 Å². The molecule has 0 aliphatic rings. The second kappa shape index (κ2) is 5.85. The van der Waals surface area contributed by atoms with Crippen molar-refractivity contribution in [2.24, 2.45) is 0 Å². The van der Waals surface area contributed by atoms with Crippen LogP contribution in [0.4, 0.5) is 0 Å². The van der Waals surface area contributed by atoms with Crippen molar-refractivity contribution in [2.45, 2.75) is 13.8 Å². The maximum Gasteiger partial charge on any atom is 0.186 e. The van der Waals surface area contributed by atoms with Gasteiger partial charge in [-0.3, -0.25) is 4.79 Å². The van der Waals surface area contributed by atoms with Crippen molar-refractivity contribution in [3.05, 3.63) is 75.8 Å². The molecule has 1 nitrogen and oxygen atoms in total. The minimum Gasteiger partial charge on any atom is -0.289 e. The number of benzene rings is 2. The Balaban J connectivity index is 2.21. The van der Waals surface area contributed by atoms with Crippen LogP contribution in [0.3, 0.4) is 0 Å². The zero-order valence-electron chi connectivity index (χ0n) is 11.0. The van der Waals surface area contributed by atoms with Crippen LogP contribution in [0.15, 0.2) is 48.5 Å². The molecule has 0 fully saturated rings. The van der Waals surface area contributed by atoms with E-state index in [-0.39, 0.29) is 5.78 Å². The Morgan fingerprint density at radius 3 is 2.42 bits per heavy atom. The molecule has 96 valence electrons. The minimum atomic E-state index is 0.0242. The van der Waals surface area contributed by atoms with Gasteiger partial charge in [-0.1, -0.05) is 47.5 Å². The third-order valence-electron chi connectivity index (χ3n) is 2.96. The molecule has 2 aromatic carbocycles. The van der Waals surface area contributed by atoms with Gasteiger partial charge in [-0.15, -0.1) is 0 Å². The fourth-order valence-corrected chi connectivity index (χ4v) is 1.96. The quantitative estimate of drug-likeness (QED) is 0.575. The van der Waals surface area contributed by atoms with Crippen molar-refractivity contribution in [1.29, 1.82) is 0 Å². The van der Waals surface area contributed by atoms with Crippen LogP contribution in [0.5, 0.6) is 0 Å². The summed E-state index contributed by atoms with van der Waals surface area (Å²) in [4.78, 5) is 12.1. The molecular weight excluding hydrogens is 256 g/mol. The molecule has 0 heterocycles.